The highest BCUT2D eigenvalue weighted by Gasteiger charge is 2.31. The van der Waals surface area contributed by atoms with Crippen LogP contribution in [-0.2, 0) is 0 Å². The number of aromatic nitrogens is 1. The molecule has 0 saturated heterocycles. The van der Waals surface area contributed by atoms with Gasteiger partial charge in [-0.1, -0.05) is 13.3 Å². The molecule has 0 fully saturated rings. The molecule has 4 heterocycles. The van der Waals surface area contributed by atoms with Crippen LogP contribution in [0.25, 0.3) is 11.1 Å². The predicted octanol–water partition coefficient (Wildman–Crippen LogP) is 4.26. The van der Waals surface area contributed by atoms with Crippen LogP contribution in [0.2, 0.25) is 0 Å². The SMILES string of the molecule is CCCCN1C=C2C(=CNc3cc4c(cc32)OCO4)c2nc(OC)c(OC)cc21. The molecule has 0 atom stereocenters. The Morgan fingerprint density at radius 3 is 2.69 bits per heavy atom. The summed E-state index contributed by atoms with van der Waals surface area (Å²) in [6.07, 6.45) is 6.36. The molecule has 0 saturated carbocycles. The molecule has 3 aliphatic rings. The highest BCUT2D eigenvalue weighted by atomic mass is 16.7. The fourth-order valence-electron chi connectivity index (χ4n) is 3.91. The topological polar surface area (TPSA) is 65.1 Å². The number of nitrogens with one attached hydrogen (secondary N) is 1. The lowest BCUT2D eigenvalue weighted by Gasteiger charge is -2.33. The fourth-order valence-corrected chi connectivity index (χ4v) is 3.91. The van der Waals surface area contributed by atoms with Crippen LogP contribution in [0.1, 0.15) is 31.0 Å². The summed E-state index contributed by atoms with van der Waals surface area (Å²) in [4.78, 5) is 7.05. The highest BCUT2D eigenvalue weighted by Crippen LogP contribution is 2.50. The van der Waals surface area contributed by atoms with Crippen LogP contribution in [0.5, 0.6) is 23.1 Å². The van der Waals surface area contributed by atoms with Crippen molar-refractivity contribution in [2.24, 2.45) is 0 Å². The third kappa shape index (κ3) is 2.76. The van der Waals surface area contributed by atoms with E-state index >= 15 is 0 Å². The molecule has 1 aromatic heterocycles. The van der Waals surface area contributed by atoms with Gasteiger partial charge in [0, 0.05) is 53.5 Å². The first-order valence-electron chi connectivity index (χ1n) is 9.76. The van der Waals surface area contributed by atoms with Gasteiger partial charge in [-0.15, -0.1) is 0 Å². The van der Waals surface area contributed by atoms with E-state index in [1.54, 1.807) is 14.2 Å². The molecule has 0 unspecified atom stereocenters. The molecule has 3 aliphatic heterocycles. The van der Waals surface area contributed by atoms with Crippen LogP contribution in [0.4, 0.5) is 11.4 Å². The van der Waals surface area contributed by atoms with Crippen LogP contribution < -0.4 is 29.2 Å². The van der Waals surface area contributed by atoms with Gasteiger partial charge in [0.05, 0.1) is 19.9 Å². The Hall–Kier alpha value is -3.35. The van der Waals surface area contributed by atoms with Crippen molar-refractivity contribution in [1.82, 2.24) is 4.98 Å². The van der Waals surface area contributed by atoms with E-state index in [0.717, 1.165) is 64.7 Å². The fraction of sp³-hybridized carbons (Fsp3) is 0.318. The minimum Gasteiger partial charge on any atom is -0.491 e. The summed E-state index contributed by atoms with van der Waals surface area (Å²) in [5.41, 5.74) is 6.05. The van der Waals surface area contributed by atoms with Gasteiger partial charge in [-0.25, -0.2) is 4.98 Å². The van der Waals surface area contributed by atoms with Crippen LogP contribution in [0.15, 0.2) is 30.6 Å². The maximum absolute atomic E-state index is 5.61. The van der Waals surface area contributed by atoms with Crippen molar-refractivity contribution in [3.8, 4) is 23.1 Å². The van der Waals surface area contributed by atoms with E-state index < -0.39 is 0 Å². The number of fused-ring (bicyclic) bond motifs is 6. The summed E-state index contributed by atoms with van der Waals surface area (Å²) in [5.74, 6) is 2.62. The Balaban J connectivity index is 1.67. The molecule has 1 aromatic carbocycles. The number of methoxy groups -OCH3 is 2. The lowest BCUT2D eigenvalue weighted by molar-refractivity contribution is 0.174. The van der Waals surface area contributed by atoms with E-state index in [-0.39, 0.29) is 6.79 Å². The van der Waals surface area contributed by atoms with Crippen LogP contribution in [0, 0.1) is 0 Å². The Bertz CT molecular complexity index is 1040. The number of ether oxygens (including phenoxy) is 4. The molecule has 150 valence electrons. The van der Waals surface area contributed by atoms with Gasteiger partial charge in [0.25, 0.3) is 5.88 Å². The van der Waals surface area contributed by atoms with Crippen molar-refractivity contribution in [3.63, 3.8) is 0 Å². The zero-order valence-electron chi connectivity index (χ0n) is 16.7. The van der Waals surface area contributed by atoms with E-state index in [1.165, 1.54) is 0 Å². The quantitative estimate of drug-likeness (QED) is 0.814. The Morgan fingerprint density at radius 2 is 1.93 bits per heavy atom. The summed E-state index contributed by atoms with van der Waals surface area (Å²) in [6, 6.07) is 6.02. The molecular weight excluding hydrogens is 370 g/mol. The molecule has 2 aromatic rings. The van der Waals surface area contributed by atoms with Crippen molar-refractivity contribution in [1.29, 1.82) is 0 Å². The first-order valence-corrected chi connectivity index (χ1v) is 9.76. The Morgan fingerprint density at radius 1 is 1.10 bits per heavy atom. The van der Waals surface area contributed by atoms with Crippen molar-refractivity contribution in [2.45, 2.75) is 19.8 Å². The second-order valence-electron chi connectivity index (χ2n) is 7.11. The normalized spacial score (nSPS) is 15.5. The number of pyridine rings is 1. The Kier molecular flexibility index (Phi) is 4.23. The standard InChI is InChI=1S/C22H23N3O4/c1-4-5-6-25-11-15-13-7-18-19(29-12-28-18)8-16(13)23-10-14(15)21-17(25)9-20(26-2)22(24-21)27-3/h7-11,23H,4-6,12H2,1-3H3. The van der Waals surface area contributed by atoms with Gasteiger partial charge in [-0.3, -0.25) is 0 Å². The van der Waals surface area contributed by atoms with Crippen molar-refractivity contribution >= 4 is 22.5 Å². The number of hydrogen-bond donors (Lipinski definition) is 1. The minimum absolute atomic E-state index is 0.252. The zero-order chi connectivity index (χ0) is 20.0. The van der Waals surface area contributed by atoms with Gasteiger partial charge in [-0.05, 0) is 12.5 Å². The van der Waals surface area contributed by atoms with Crippen molar-refractivity contribution < 1.29 is 18.9 Å². The molecule has 0 spiro atoms. The molecule has 0 bridgehead atoms. The molecule has 29 heavy (non-hydrogen) atoms. The zero-order valence-corrected chi connectivity index (χ0v) is 16.7. The summed E-state index contributed by atoms with van der Waals surface area (Å²) in [7, 11) is 3.24. The third-order valence-corrected chi connectivity index (χ3v) is 5.41. The molecule has 0 radical (unpaired) electrons. The van der Waals surface area contributed by atoms with E-state index in [1.807, 2.05) is 24.4 Å². The molecule has 5 rings (SSSR count). The van der Waals surface area contributed by atoms with Gasteiger partial charge in [0.15, 0.2) is 17.2 Å². The molecular formula is C22H23N3O4. The number of anilines is 2. The summed E-state index contributed by atoms with van der Waals surface area (Å²) >= 11 is 0. The number of nitrogens with zero attached hydrogens (tertiary/aromatic N) is 2. The number of hydrogen-bond acceptors (Lipinski definition) is 7. The second kappa shape index (κ2) is 6.92. The predicted molar refractivity (Wildman–Crippen MR) is 112 cm³/mol. The maximum Gasteiger partial charge on any atom is 0.257 e. The van der Waals surface area contributed by atoms with Crippen LogP contribution in [-0.4, -0.2) is 32.5 Å². The molecule has 0 aliphatic carbocycles. The second-order valence-corrected chi connectivity index (χ2v) is 7.11. The first kappa shape index (κ1) is 17.7. The lowest BCUT2D eigenvalue weighted by Crippen LogP contribution is -2.25. The van der Waals surface area contributed by atoms with Gasteiger partial charge < -0.3 is 29.2 Å². The first-order chi connectivity index (χ1) is 14.2. The average molecular weight is 393 g/mol. The summed E-state index contributed by atoms with van der Waals surface area (Å²) in [5, 5.41) is 3.39. The van der Waals surface area contributed by atoms with Crippen LogP contribution in [0.3, 0.4) is 0 Å². The van der Waals surface area contributed by atoms with Gasteiger partial charge in [-0.2, -0.15) is 0 Å². The van der Waals surface area contributed by atoms with Gasteiger partial charge in [0.1, 0.15) is 5.69 Å². The van der Waals surface area contributed by atoms with E-state index in [9.17, 15) is 0 Å². The van der Waals surface area contributed by atoms with E-state index in [0.29, 0.717) is 11.6 Å². The highest BCUT2D eigenvalue weighted by molar-refractivity contribution is 6.13. The molecule has 7 nitrogen and oxygen atoms in total. The van der Waals surface area contributed by atoms with Crippen LogP contribution >= 0.6 is 0 Å². The average Bonchev–Trinajstić information content (AvgIpc) is 3.22. The van der Waals surface area contributed by atoms with E-state index in [4.69, 9.17) is 23.9 Å². The number of allylic oxidation sites excluding steroid dienone is 2. The summed E-state index contributed by atoms with van der Waals surface area (Å²) in [6.45, 7) is 3.34. The minimum atomic E-state index is 0.252. The van der Waals surface area contributed by atoms with Gasteiger partial charge in [0.2, 0.25) is 6.79 Å². The van der Waals surface area contributed by atoms with Crippen molar-refractivity contribution in [2.75, 3.05) is 37.8 Å². The third-order valence-electron chi connectivity index (χ3n) is 5.41. The number of benzene rings is 1. The molecule has 0 amide bonds. The lowest BCUT2D eigenvalue weighted by atomic mass is 9.89. The maximum atomic E-state index is 5.61. The largest absolute Gasteiger partial charge is 0.491 e. The molecule has 1 N–H and O–H groups in total. The smallest absolute Gasteiger partial charge is 0.257 e. The number of rotatable bonds is 5. The number of unbranched alkanes of at least 4 members (excludes halogenated alkanes) is 1. The van der Waals surface area contributed by atoms with Crippen molar-refractivity contribution in [3.05, 3.63) is 41.9 Å². The summed E-state index contributed by atoms with van der Waals surface area (Å²) < 4.78 is 22.1. The monoisotopic (exact) mass is 393 g/mol. The van der Waals surface area contributed by atoms with E-state index in [2.05, 4.69) is 23.3 Å². The van der Waals surface area contributed by atoms with Gasteiger partial charge >= 0.3 is 0 Å². The Labute approximate surface area is 169 Å². The molecule has 7 heteroatoms.